The van der Waals surface area contributed by atoms with Crippen LogP contribution < -0.4 is 5.73 Å². The van der Waals surface area contributed by atoms with Gasteiger partial charge in [0.15, 0.2) is 0 Å². The summed E-state index contributed by atoms with van der Waals surface area (Å²) in [6, 6.07) is 8.02. The average molecular weight is 277 g/mol. The average Bonchev–Trinajstić information content (AvgIpc) is 2.82. The van der Waals surface area contributed by atoms with Gasteiger partial charge in [0.25, 0.3) is 0 Å². The molecule has 0 radical (unpaired) electrons. The van der Waals surface area contributed by atoms with Crippen LogP contribution >= 0.6 is 11.3 Å². The topological polar surface area (TPSA) is 59.2 Å². The molecule has 102 valence electrons. The lowest BCUT2D eigenvalue weighted by atomic mass is 10.1. The van der Waals surface area contributed by atoms with Crippen molar-refractivity contribution in [2.75, 3.05) is 13.6 Å². The fourth-order valence-electron chi connectivity index (χ4n) is 2.02. The highest BCUT2D eigenvalue weighted by molar-refractivity contribution is 7.18. The molecule has 0 bridgehead atoms. The summed E-state index contributed by atoms with van der Waals surface area (Å²) in [5, 5.41) is 0.962. The third kappa shape index (κ3) is 3.11. The van der Waals surface area contributed by atoms with E-state index < -0.39 is 0 Å². The van der Waals surface area contributed by atoms with E-state index in [0.29, 0.717) is 13.1 Å². The van der Waals surface area contributed by atoms with Crippen molar-refractivity contribution in [1.82, 2.24) is 9.88 Å². The smallest absolute Gasteiger partial charge is 0.227 e. The number of nitrogens with zero attached hydrogens (tertiary/aromatic N) is 2. The summed E-state index contributed by atoms with van der Waals surface area (Å²) in [6.07, 6.45) is 0.777. The number of benzene rings is 1. The summed E-state index contributed by atoms with van der Waals surface area (Å²) in [5.74, 6) is 0.0173. The standard InChI is InChI=1S/C14H19N3OS/c1-3-10(8-15)14(18)17(2)9-13-16-11-6-4-5-7-12(11)19-13/h4-7,10H,3,8-9,15H2,1-2H3. The molecule has 1 amide bonds. The fourth-order valence-corrected chi connectivity index (χ4v) is 3.04. The Balaban J connectivity index is 2.09. The molecule has 1 aromatic heterocycles. The van der Waals surface area contributed by atoms with Crippen LogP contribution in [-0.2, 0) is 11.3 Å². The highest BCUT2D eigenvalue weighted by atomic mass is 32.1. The Morgan fingerprint density at radius 2 is 2.21 bits per heavy atom. The van der Waals surface area contributed by atoms with Crippen LogP contribution in [0.3, 0.4) is 0 Å². The first kappa shape index (κ1) is 14.0. The lowest BCUT2D eigenvalue weighted by molar-refractivity contribution is -0.134. The molecule has 0 aliphatic rings. The van der Waals surface area contributed by atoms with Gasteiger partial charge in [0.1, 0.15) is 5.01 Å². The van der Waals surface area contributed by atoms with E-state index in [2.05, 4.69) is 4.98 Å². The molecular weight excluding hydrogens is 258 g/mol. The Labute approximate surface area is 117 Å². The molecule has 19 heavy (non-hydrogen) atoms. The van der Waals surface area contributed by atoms with Crippen molar-refractivity contribution in [3.8, 4) is 0 Å². The summed E-state index contributed by atoms with van der Waals surface area (Å²) < 4.78 is 1.16. The number of hydrogen-bond donors (Lipinski definition) is 1. The molecular formula is C14H19N3OS. The third-order valence-electron chi connectivity index (χ3n) is 3.21. The van der Waals surface area contributed by atoms with Crippen LogP contribution in [0.15, 0.2) is 24.3 Å². The van der Waals surface area contributed by atoms with E-state index in [0.717, 1.165) is 21.6 Å². The van der Waals surface area contributed by atoms with E-state index in [1.807, 2.05) is 38.2 Å². The normalized spacial score (nSPS) is 12.6. The molecule has 0 saturated carbocycles. The van der Waals surface area contributed by atoms with Gasteiger partial charge in [-0.1, -0.05) is 19.1 Å². The molecule has 1 heterocycles. The molecule has 1 atom stereocenters. The number of fused-ring (bicyclic) bond motifs is 1. The van der Waals surface area contributed by atoms with Crippen molar-refractivity contribution in [3.05, 3.63) is 29.3 Å². The van der Waals surface area contributed by atoms with Crippen molar-refractivity contribution in [1.29, 1.82) is 0 Å². The molecule has 0 spiro atoms. The monoisotopic (exact) mass is 277 g/mol. The molecule has 2 aromatic rings. The number of aromatic nitrogens is 1. The number of hydrogen-bond acceptors (Lipinski definition) is 4. The fraction of sp³-hybridized carbons (Fsp3) is 0.429. The van der Waals surface area contributed by atoms with Crippen LogP contribution in [-0.4, -0.2) is 29.4 Å². The van der Waals surface area contributed by atoms with Gasteiger partial charge in [-0.3, -0.25) is 4.79 Å². The van der Waals surface area contributed by atoms with Crippen molar-refractivity contribution < 1.29 is 4.79 Å². The second-order valence-electron chi connectivity index (χ2n) is 4.61. The van der Waals surface area contributed by atoms with Crippen LogP contribution in [0.1, 0.15) is 18.4 Å². The minimum Gasteiger partial charge on any atom is -0.339 e. The minimum absolute atomic E-state index is 0.0839. The summed E-state index contributed by atoms with van der Waals surface area (Å²) in [5.41, 5.74) is 6.61. The highest BCUT2D eigenvalue weighted by Crippen LogP contribution is 2.22. The number of nitrogens with two attached hydrogens (primary N) is 1. The van der Waals surface area contributed by atoms with E-state index in [1.54, 1.807) is 16.2 Å². The Morgan fingerprint density at radius 1 is 1.47 bits per heavy atom. The van der Waals surface area contributed by atoms with E-state index in [-0.39, 0.29) is 11.8 Å². The SMILES string of the molecule is CCC(CN)C(=O)N(C)Cc1nc2ccccc2s1. The van der Waals surface area contributed by atoms with Gasteiger partial charge in [0.05, 0.1) is 22.7 Å². The maximum absolute atomic E-state index is 12.1. The molecule has 2 N–H and O–H groups in total. The number of thiazole rings is 1. The Hall–Kier alpha value is -1.46. The maximum atomic E-state index is 12.1. The Morgan fingerprint density at radius 3 is 2.84 bits per heavy atom. The van der Waals surface area contributed by atoms with Crippen molar-refractivity contribution in [2.24, 2.45) is 11.7 Å². The highest BCUT2D eigenvalue weighted by Gasteiger charge is 2.19. The van der Waals surface area contributed by atoms with Crippen molar-refractivity contribution >= 4 is 27.5 Å². The first-order chi connectivity index (χ1) is 9.15. The Bertz CT molecular complexity index is 530. The van der Waals surface area contributed by atoms with Crippen LogP contribution in [0, 0.1) is 5.92 Å². The quantitative estimate of drug-likeness (QED) is 0.911. The third-order valence-corrected chi connectivity index (χ3v) is 4.23. The van der Waals surface area contributed by atoms with Gasteiger partial charge in [-0.25, -0.2) is 4.98 Å². The van der Waals surface area contributed by atoms with Crippen LogP contribution in [0.25, 0.3) is 10.2 Å². The summed E-state index contributed by atoms with van der Waals surface area (Å²) >= 11 is 1.63. The van der Waals surface area contributed by atoms with Crippen LogP contribution in [0.2, 0.25) is 0 Å². The van der Waals surface area contributed by atoms with Crippen molar-refractivity contribution in [3.63, 3.8) is 0 Å². The predicted molar refractivity (Wildman–Crippen MR) is 78.9 cm³/mol. The molecule has 4 nitrogen and oxygen atoms in total. The first-order valence-corrected chi connectivity index (χ1v) is 7.26. The molecule has 1 unspecified atom stereocenters. The van der Waals surface area contributed by atoms with E-state index in [9.17, 15) is 4.79 Å². The molecule has 1 aromatic carbocycles. The maximum Gasteiger partial charge on any atom is 0.227 e. The van der Waals surface area contributed by atoms with E-state index in [4.69, 9.17) is 5.73 Å². The summed E-state index contributed by atoms with van der Waals surface area (Å²) in [7, 11) is 1.81. The lowest BCUT2D eigenvalue weighted by Crippen LogP contribution is -2.35. The summed E-state index contributed by atoms with van der Waals surface area (Å²) in [6.45, 7) is 2.94. The second-order valence-corrected chi connectivity index (χ2v) is 5.73. The molecule has 5 heteroatoms. The van der Waals surface area contributed by atoms with Crippen LogP contribution in [0.5, 0.6) is 0 Å². The molecule has 0 aliphatic carbocycles. The van der Waals surface area contributed by atoms with Gasteiger partial charge in [-0.05, 0) is 18.6 Å². The Kier molecular flexibility index (Phi) is 4.50. The number of amides is 1. The molecule has 0 fully saturated rings. The minimum atomic E-state index is -0.0839. The van der Waals surface area contributed by atoms with E-state index >= 15 is 0 Å². The number of carbonyl (C=O) groups is 1. The van der Waals surface area contributed by atoms with Crippen molar-refractivity contribution in [2.45, 2.75) is 19.9 Å². The first-order valence-electron chi connectivity index (χ1n) is 6.45. The predicted octanol–water partition coefficient (Wildman–Crippen LogP) is 2.24. The largest absolute Gasteiger partial charge is 0.339 e. The number of carbonyl (C=O) groups excluding carboxylic acids is 1. The molecule has 0 saturated heterocycles. The lowest BCUT2D eigenvalue weighted by Gasteiger charge is -2.20. The van der Waals surface area contributed by atoms with Gasteiger partial charge in [-0.15, -0.1) is 11.3 Å². The van der Waals surface area contributed by atoms with Gasteiger partial charge in [-0.2, -0.15) is 0 Å². The zero-order chi connectivity index (χ0) is 13.8. The summed E-state index contributed by atoms with van der Waals surface area (Å²) in [4.78, 5) is 18.4. The van der Waals surface area contributed by atoms with Crippen LogP contribution in [0.4, 0.5) is 0 Å². The zero-order valence-corrected chi connectivity index (χ0v) is 12.1. The molecule has 2 rings (SSSR count). The number of para-hydroxylation sites is 1. The van der Waals surface area contributed by atoms with Gasteiger partial charge in [0, 0.05) is 13.6 Å². The van der Waals surface area contributed by atoms with Gasteiger partial charge < -0.3 is 10.6 Å². The van der Waals surface area contributed by atoms with Gasteiger partial charge in [0.2, 0.25) is 5.91 Å². The second kappa shape index (κ2) is 6.12. The van der Waals surface area contributed by atoms with Gasteiger partial charge >= 0.3 is 0 Å². The number of rotatable bonds is 5. The molecule has 0 aliphatic heterocycles. The van der Waals surface area contributed by atoms with E-state index in [1.165, 1.54) is 0 Å². The zero-order valence-electron chi connectivity index (χ0n) is 11.3.